The van der Waals surface area contributed by atoms with Crippen molar-refractivity contribution in [3.8, 4) is 0 Å². The fraction of sp³-hybridized carbons (Fsp3) is 0.476. The number of hydrogen-bond acceptors (Lipinski definition) is 6. The van der Waals surface area contributed by atoms with Gasteiger partial charge in [0.2, 0.25) is 5.91 Å². The van der Waals surface area contributed by atoms with Gasteiger partial charge in [-0.25, -0.2) is 9.59 Å². The highest BCUT2D eigenvalue weighted by atomic mass is 32.2. The van der Waals surface area contributed by atoms with Crippen molar-refractivity contribution in [2.75, 3.05) is 32.5 Å². The summed E-state index contributed by atoms with van der Waals surface area (Å²) in [6, 6.07) is 6.81. The summed E-state index contributed by atoms with van der Waals surface area (Å²) in [4.78, 5) is 39.9. The van der Waals surface area contributed by atoms with Gasteiger partial charge in [0.05, 0.1) is 18.2 Å². The molecular weight excluding hydrogens is 404 g/mol. The number of ether oxygens (including phenoxy) is 1. The highest BCUT2D eigenvalue weighted by Crippen LogP contribution is 2.30. The number of piperidine rings is 1. The largest absolute Gasteiger partial charge is 0.463 e. The lowest BCUT2D eigenvalue weighted by Gasteiger charge is -2.34. The standard InChI is InChI=1S/C21H28N4O4S/c1-3-29-20(27)17-16(12-25-10-8-14(9-11-25)19(22)26)23-21(28)24-18(17)13-4-6-15(30-2)7-5-13/h4-7,14,18H,3,8-12H2,1-2H3,(H2,22,26)(H2,23,24,28)/t18-/m1/s1. The molecule has 0 aliphatic carbocycles. The third-order valence-electron chi connectivity index (χ3n) is 5.47. The number of nitrogens with zero attached hydrogens (tertiary/aromatic N) is 1. The first-order chi connectivity index (χ1) is 14.4. The average Bonchev–Trinajstić information content (AvgIpc) is 2.74. The van der Waals surface area contributed by atoms with E-state index in [0.717, 1.165) is 10.5 Å². The minimum absolute atomic E-state index is 0.120. The second kappa shape index (κ2) is 9.99. The van der Waals surface area contributed by atoms with Crippen LogP contribution in [0, 0.1) is 5.92 Å². The summed E-state index contributed by atoms with van der Waals surface area (Å²) < 4.78 is 5.31. The number of primary amides is 1. The van der Waals surface area contributed by atoms with Crippen molar-refractivity contribution in [2.45, 2.75) is 30.7 Å². The summed E-state index contributed by atoms with van der Waals surface area (Å²) in [5.74, 6) is -0.846. The van der Waals surface area contributed by atoms with Crippen molar-refractivity contribution in [1.29, 1.82) is 0 Å². The number of urea groups is 1. The lowest BCUT2D eigenvalue weighted by atomic mass is 9.93. The van der Waals surface area contributed by atoms with Gasteiger partial charge in [0, 0.05) is 23.1 Å². The Labute approximate surface area is 180 Å². The van der Waals surface area contributed by atoms with Gasteiger partial charge >= 0.3 is 12.0 Å². The maximum absolute atomic E-state index is 12.8. The first-order valence-corrected chi connectivity index (χ1v) is 11.3. The average molecular weight is 433 g/mol. The predicted molar refractivity (Wildman–Crippen MR) is 115 cm³/mol. The van der Waals surface area contributed by atoms with Crippen LogP contribution in [0.5, 0.6) is 0 Å². The first-order valence-electron chi connectivity index (χ1n) is 10.1. The van der Waals surface area contributed by atoms with Crippen molar-refractivity contribution in [1.82, 2.24) is 15.5 Å². The van der Waals surface area contributed by atoms with E-state index in [1.165, 1.54) is 0 Å². The molecule has 2 aliphatic rings. The predicted octanol–water partition coefficient (Wildman–Crippen LogP) is 1.78. The lowest BCUT2D eigenvalue weighted by Crippen LogP contribution is -2.49. The molecule has 3 rings (SSSR count). The van der Waals surface area contributed by atoms with Gasteiger partial charge in [0.1, 0.15) is 0 Å². The molecule has 8 nitrogen and oxygen atoms in total. The van der Waals surface area contributed by atoms with Gasteiger partial charge in [-0.3, -0.25) is 9.69 Å². The number of nitrogens with one attached hydrogen (secondary N) is 2. The second-order valence-corrected chi connectivity index (χ2v) is 8.25. The molecule has 0 aromatic heterocycles. The quantitative estimate of drug-likeness (QED) is 0.447. The van der Waals surface area contributed by atoms with Crippen LogP contribution in [0.1, 0.15) is 31.4 Å². The Bertz CT molecular complexity index is 832. The Morgan fingerprint density at radius 1 is 1.23 bits per heavy atom. The van der Waals surface area contributed by atoms with Crippen LogP contribution in [-0.2, 0) is 14.3 Å². The molecule has 2 aliphatic heterocycles. The monoisotopic (exact) mass is 432 g/mol. The summed E-state index contributed by atoms with van der Waals surface area (Å²) in [6.07, 6.45) is 3.33. The molecule has 0 radical (unpaired) electrons. The van der Waals surface area contributed by atoms with Crippen LogP contribution < -0.4 is 16.4 Å². The van der Waals surface area contributed by atoms with Crippen molar-refractivity contribution in [3.63, 3.8) is 0 Å². The normalized spacial score (nSPS) is 20.5. The SMILES string of the molecule is CCOC(=O)C1=C(CN2CCC(C(N)=O)CC2)NC(=O)N[C@@H]1c1ccc(SC)cc1. The van der Waals surface area contributed by atoms with E-state index < -0.39 is 12.0 Å². The molecule has 2 heterocycles. The number of likely N-dealkylation sites (tertiary alicyclic amines) is 1. The summed E-state index contributed by atoms with van der Waals surface area (Å²) in [5.41, 5.74) is 7.18. The number of carbonyl (C=O) groups excluding carboxylic acids is 3. The summed E-state index contributed by atoms with van der Waals surface area (Å²) in [5, 5.41) is 5.65. The van der Waals surface area contributed by atoms with Gasteiger partial charge in [0.15, 0.2) is 0 Å². The molecule has 30 heavy (non-hydrogen) atoms. The molecule has 1 aromatic carbocycles. The molecule has 1 saturated heterocycles. The molecule has 162 valence electrons. The fourth-order valence-electron chi connectivity index (χ4n) is 3.84. The van der Waals surface area contributed by atoms with E-state index in [1.54, 1.807) is 18.7 Å². The highest BCUT2D eigenvalue weighted by Gasteiger charge is 2.35. The van der Waals surface area contributed by atoms with E-state index in [4.69, 9.17) is 10.5 Å². The van der Waals surface area contributed by atoms with Crippen molar-refractivity contribution in [3.05, 3.63) is 41.1 Å². The molecule has 0 bridgehead atoms. The fourth-order valence-corrected chi connectivity index (χ4v) is 4.25. The highest BCUT2D eigenvalue weighted by molar-refractivity contribution is 7.98. The number of esters is 1. The number of benzene rings is 1. The van der Waals surface area contributed by atoms with E-state index in [9.17, 15) is 14.4 Å². The zero-order chi connectivity index (χ0) is 21.7. The Balaban J connectivity index is 1.89. The maximum Gasteiger partial charge on any atom is 0.338 e. The molecular formula is C21H28N4O4S. The van der Waals surface area contributed by atoms with Gasteiger partial charge in [-0.2, -0.15) is 0 Å². The molecule has 3 amide bonds. The third-order valence-corrected chi connectivity index (χ3v) is 6.21. The van der Waals surface area contributed by atoms with Gasteiger partial charge in [-0.05, 0) is 56.8 Å². The summed E-state index contributed by atoms with van der Waals surface area (Å²) >= 11 is 1.62. The second-order valence-electron chi connectivity index (χ2n) is 7.37. The van der Waals surface area contributed by atoms with Crippen LogP contribution in [0.25, 0.3) is 0 Å². The minimum Gasteiger partial charge on any atom is -0.463 e. The Morgan fingerprint density at radius 2 is 1.90 bits per heavy atom. The number of amides is 3. The van der Waals surface area contributed by atoms with E-state index >= 15 is 0 Å². The molecule has 0 spiro atoms. The van der Waals surface area contributed by atoms with Crippen LogP contribution >= 0.6 is 11.8 Å². The van der Waals surface area contributed by atoms with E-state index in [1.807, 2.05) is 30.5 Å². The molecule has 4 N–H and O–H groups in total. The maximum atomic E-state index is 12.8. The molecule has 0 saturated carbocycles. The third kappa shape index (κ3) is 5.14. The van der Waals surface area contributed by atoms with Crippen LogP contribution in [0.4, 0.5) is 4.79 Å². The first kappa shape index (κ1) is 22.2. The molecule has 1 atom stereocenters. The van der Waals surface area contributed by atoms with Crippen LogP contribution in [-0.4, -0.2) is 55.3 Å². The van der Waals surface area contributed by atoms with Crippen LogP contribution in [0.2, 0.25) is 0 Å². The van der Waals surface area contributed by atoms with Crippen molar-refractivity contribution < 1.29 is 19.1 Å². The number of carbonyl (C=O) groups is 3. The molecule has 0 unspecified atom stereocenters. The molecule has 9 heteroatoms. The zero-order valence-corrected chi connectivity index (χ0v) is 18.1. The summed E-state index contributed by atoms with van der Waals surface area (Å²) in [7, 11) is 0. The topological polar surface area (TPSA) is 114 Å². The summed E-state index contributed by atoms with van der Waals surface area (Å²) in [6.45, 7) is 3.73. The van der Waals surface area contributed by atoms with Crippen LogP contribution in [0.15, 0.2) is 40.4 Å². The van der Waals surface area contributed by atoms with Gasteiger partial charge in [-0.1, -0.05) is 12.1 Å². The Hall–Kier alpha value is -2.52. The van der Waals surface area contributed by atoms with E-state index in [2.05, 4.69) is 15.5 Å². The molecule has 1 fully saturated rings. The van der Waals surface area contributed by atoms with Gasteiger partial charge in [0.25, 0.3) is 0 Å². The lowest BCUT2D eigenvalue weighted by molar-refractivity contribution is -0.139. The Kier molecular flexibility index (Phi) is 7.38. The van der Waals surface area contributed by atoms with E-state index in [-0.39, 0.29) is 24.5 Å². The zero-order valence-electron chi connectivity index (χ0n) is 17.3. The smallest absolute Gasteiger partial charge is 0.338 e. The van der Waals surface area contributed by atoms with Crippen LogP contribution in [0.3, 0.4) is 0 Å². The number of hydrogen-bond donors (Lipinski definition) is 3. The van der Waals surface area contributed by atoms with Gasteiger partial charge < -0.3 is 21.1 Å². The van der Waals surface area contributed by atoms with Gasteiger partial charge in [-0.15, -0.1) is 11.8 Å². The number of nitrogens with two attached hydrogens (primary N) is 1. The molecule has 1 aromatic rings. The number of rotatable bonds is 7. The Morgan fingerprint density at radius 3 is 2.47 bits per heavy atom. The van der Waals surface area contributed by atoms with Crippen molar-refractivity contribution >= 4 is 29.7 Å². The van der Waals surface area contributed by atoms with E-state index in [0.29, 0.717) is 43.7 Å². The minimum atomic E-state index is -0.591. The van der Waals surface area contributed by atoms with Crippen molar-refractivity contribution in [2.24, 2.45) is 11.7 Å². The number of thioether (sulfide) groups is 1.